The first-order valence-electron chi connectivity index (χ1n) is 21.4. The van der Waals surface area contributed by atoms with E-state index in [-0.39, 0.29) is 30.4 Å². The smallest absolute Gasteiger partial charge is 0.419 e. The third-order valence-corrected chi connectivity index (χ3v) is 13.0. The molecule has 4 aliphatic rings. The number of amides is 4. The van der Waals surface area contributed by atoms with Crippen LogP contribution in [0.15, 0.2) is 45.6 Å². The SMILES string of the molecule is Cc1cc(C[C@@H](OC(=O)N2CCC(N3CCc4ccccc4NC3=O)CC2)C(=O)N2CCC(C3CCN(CCC(=O)OCCN(C)C)CC3)CC2)cc2oc(=O)n(C)c12. The molecule has 15 nitrogen and oxygen atoms in total. The Morgan fingerprint density at radius 3 is 2.29 bits per heavy atom. The highest BCUT2D eigenvalue weighted by Crippen LogP contribution is 2.33. The Bertz CT molecular complexity index is 2020. The van der Waals surface area contributed by atoms with Gasteiger partial charge in [-0.15, -0.1) is 0 Å². The Kier molecular flexibility index (Phi) is 13.6. The average molecular weight is 816 g/mol. The van der Waals surface area contributed by atoms with E-state index in [2.05, 4.69) is 10.2 Å². The Morgan fingerprint density at radius 1 is 0.898 bits per heavy atom. The van der Waals surface area contributed by atoms with Crippen molar-refractivity contribution in [1.29, 1.82) is 0 Å². The quantitative estimate of drug-likeness (QED) is 0.259. The number of likely N-dealkylation sites (N-methyl/N-ethyl adjacent to an activating group) is 1. The molecule has 3 fully saturated rings. The molecule has 15 heteroatoms. The fraction of sp³-hybridized carbons (Fsp3) is 0.614. The van der Waals surface area contributed by atoms with Crippen LogP contribution in [-0.2, 0) is 39.0 Å². The number of oxazole rings is 1. The summed E-state index contributed by atoms with van der Waals surface area (Å²) in [5, 5.41) is 3.05. The molecule has 4 aliphatic heterocycles. The average Bonchev–Trinajstić information content (AvgIpc) is 3.41. The van der Waals surface area contributed by atoms with Gasteiger partial charge >= 0.3 is 23.8 Å². The molecule has 320 valence electrons. The number of esters is 1. The van der Waals surface area contributed by atoms with Crippen LogP contribution >= 0.6 is 0 Å². The third kappa shape index (κ3) is 10.3. The molecule has 59 heavy (non-hydrogen) atoms. The zero-order valence-corrected chi connectivity index (χ0v) is 35.2. The van der Waals surface area contributed by atoms with E-state index in [4.69, 9.17) is 13.9 Å². The lowest BCUT2D eigenvalue weighted by Gasteiger charge is -2.41. The van der Waals surface area contributed by atoms with Crippen LogP contribution in [0.4, 0.5) is 15.3 Å². The lowest BCUT2D eigenvalue weighted by atomic mass is 9.78. The van der Waals surface area contributed by atoms with Crippen molar-refractivity contribution in [2.75, 3.05) is 84.9 Å². The zero-order valence-electron chi connectivity index (χ0n) is 35.2. The number of fused-ring (bicyclic) bond motifs is 2. The summed E-state index contributed by atoms with van der Waals surface area (Å²) in [5.41, 5.74) is 4.64. The van der Waals surface area contributed by atoms with Gasteiger partial charge < -0.3 is 43.7 Å². The molecule has 1 N–H and O–H groups in total. The van der Waals surface area contributed by atoms with Gasteiger partial charge in [-0.05, 0) is 120 Å². The Hall–Kier alpha value is -4.89. The van der Waals surface area contributed by atoms with Crippen LogP contribution in [0.25, 0.3) is 11.1 Å². The van der Waals surface area contributed by atoms with Gasteiger partial charge in [0.05, 0.1) is 11.9 Å². The first-order chi connectivity index (χ1) is 28.4. The molecular weight excluding hydrogens is 755 g/mol. The number of hydrogen-bond donors (Lipinski definition) is 1. The maximum absolute atomic E-state index is 14.4. The van der Waals surface area contributed by atoms with Crippen LogP contribution in [0.2, 0.25) is 0 Å². The molecule has 3 aromatic rings. The summed E-state index contributed by atoms with van der Waals surface area (Å²) in [4.78, 5) is 75.7. The number of aryl methyl sites for hydroxylation is 2. The van der Waals surface area contributed by atoms with E-state index in [1.54, 1.807) is 18.0 Å². The number of para-hydroxylation sites is 1. The summed E-state index contributed by atoms with van der Waals surface area (Å²) in [5.74, 6) is 0.248. The second kappa shape index (κ2) is 19.0. The van der Waals surface area contributed by atoms with Crippen molar-refractivity contribution >= 4 is 40.8 Å². The topological polar surface area (TPSA) is 150 Å². The Labute approximate surface area is 346 Å². The molecule has 2 aromatic carbocycles. The molecule has 1 atom stereocenters. The molecule has 0 saturated carbocycles. The van der Waals surface area contributed by atoms with E-state index < -0.39 is 18.0 Å². The molecule has 5 heterocycles. The normalized spacial score (nSPS) is 19.4. The van der Waals surface area contributed by atoms with Crippen molar-refractivity contribution in [2.24, 2.45) is 18.9 Å². The summed E-state index contributed by atoms with van der Waals surface area (Å²) in [6, 6.07) is 11.4. The molecule has 7 rings (SSSR count). The highest BCUT2D eigenvalue weighted by atomic mass is 16.6. The first kappa shape index (κ1) is 42.2. The lowest BCUT2D eigenvalue weighted by molar-refractivity contribution is -0.144. The van der Waals surface area contributed by atoms with E-state index in [1.165, 1.54) is 4.57 Å². The number of anilines is 1. The summed E-state index contributed by atoms with van der Waals surface area (Å²) in [6.45, 7) is 8.26. The molecule has 4 amide bonds. The second-order valence-corrected chi connectivity index (χ2v) is 17.1. The van der Waals surface area contributed by atoms with E-state index in [9.17, 15) is 24.0 Å². The molecule has 0 bridgehead atoms. The summed E-state index contributed by atoms with van der Waals surface area (Å²) >= 11 is 0. The highest BCUT2D eigenvalue weighted by molar-refractivity contribution is 5.91. The van der Waals surface area contributed by atoms with Crippen molar-refractivity contribution in [1.82, 2.24) is 29.1 Å². The number of urea groups is 1. The molecule has 1 aromatic heterocycles. The summed E-state index contributed by atoms with van der Waals surface area (Å²) in [6.07, 6.45) is 4.83. The standard InChI is InChI=1S/C44H61N7O8/c1-30-27-31(28-37-40(30)47(4)43(55)58-37)29-38(59-44(56)50-22-14-35(15-23-50)51-24-13-34-7-5-6-8-36(34)45-42(51)54)41(53)49-20-11-33(12-21-49)32-9-17-48(18-10-32)19-16-39(52)57-26-25-46(2)3/h5-8,27-28,32-33,35,38H,9-26,29H2,1-4H3,(H,45,54)/t38-/m1/s1. The van der Waals surface area contributed by atoms with E-state index in [1.807, 2.05) is 66.1 Å². The lowest BCUT2D eigenvalue weighted by Crippen LogP contribution is -2.52. The summed E-state index contributed by atoms with van der Waals surface area (Å²) < 4.78 is 18.5. The predicted octanol–water partition coefficient (Wildman–Crippen LogP) is 4.49. The maximum atomic E-state index is 14.4. The predicted molar refractivity (Wildman–Crippen MR) is 223 cm³/mol. The van der Waals surface area contributed by atoms with Gasteiger partial charge in [0.15, 0.2) is 11.7 Å². The number of nitrogens with one attached hydrogen (secondary N) is 1. The molecule has 0 aliphatic carbocycles. The van der Waals surface area contributed by atoms with Gasteiger partial charge in [-0.25, -0.2) is 14.4 Å². The van der Waals surface area contributed by atoms with Gasteiger partial charge in [0, 0.05) is 71.0 Å². The van der Waals surface area contributed by atoms with Crippen LogP contribution in [0.3, 0.4) is 0 Å². The highest BCUT2D eigenvalue weighted by Gasteiger charge is 2.37. The van der Waals surface area contributed by atoms with Crippen LogP contribution in [0, 0.1) is 18.8 Å². The number of benzene rings is 2. The minimum atomic E-state index is -1.06. The fourth-order valence-electron chi connectivity index (χ4n) is 9.49. The number of aromatic nitrogens is 1. The van der Waals surface area contributed by atoms with Gasteiger partial charge in [-0.3, -0.25) is 14.2 Å². The van der Waals surface area contributed by atoms with Gasteiger partial charge in [0.1, 0.15) is 6.61 Å². The van der Waals surface area contributed by atoms with Crippen LogP contribution in [0.1, 0.15) is 61.6 Å². The maximum Gasteiger partial charge on any atom is 0.419 e. The molecule has 0 radical (unpaired) electrons. The largest absolute Gasteiger partial charge is 0.464 e. The van der Waals surface area contributed by atoms with Crippen molar-refractivity contribution in [3.8, 4) is 0 Å². The number of hydrogen-bond acceptors (Lipinski definition) is 10. The van der Waals surface area contributed by atoms with Crippen molar-refractivity contribution in [3.63, 3.8) is 0 Å². The zero-order chi connectivity index (χ0) is 41.6. The number of carbonyl (C=O) groups excluding carboxylic acids is 4. The Morgan fingerprint density at radius 2 is 1.58 bits per heavy atom. The van der Waals surface area contributed by atoms with E-state index >= 15 is 0 Å². The number of piperidine rings is 3. The molecule has 3 saturated heterocycles. The minimum absolute atomic E-state index is 0.0172. The molecule has 0 unspecified atom stereocenters. The third-order valence-electron chi connectivity index (χ3n) is 13.0. The van der Waals surface area contributed by atoms with Crippen molar-refractivity contribution in [3.05, 3.63) is 63.6 Å². The molecular formula is C44H61N7O8. The van der Waals surface area contributed by atoms with Crippen molar-refractivity contribution in [2.45, 2.75) is 76.9 Å². The van der Waals surface area contributed by atoms with E-state index in [0.717, 1.165) is 74.1 Å². The number of ether oxygens (including phenoxy) is 2. The minimum Gasteiger partial charge on any atom is -0.464 e. The Balaban J connectivity index is 0.944. The van der Waals surface area contributed by atoms with Gasteiger partial charge in [-0.2, -0.15) is 0 Å². The fourth-order valence-corrected chi connectivity index (χ4v) is 9.49. The van der Waals surface area contributed by atoms with Gasteiger partial charge in [0.25, 0.3) is 5.91 Å². The van der Waals surface area contributed by atoms with Crippen LogP contribution in [0.5, 0.6) is 0 Å². The van der Waals surface area contributed by atoms with Crippen LogP contribution < -0.4 is 11.1 Å². The van der Waals surface area contributed by atoms with Gasteiger partial charge in [0.2, 0.25) is 0 Å². The summed E-state index contributed by atoms with van der Waals surface area (Å²) in [7, 11) is 5.57. The van der Waals surface area contributed by atoms with Crippen LogP contribution in [-0.4, -0.2) is 145 Å². The number of nitrogens with zero attached hydrogens (tertiary/aromatic N) is 6. The first-order valence-corrected chi connectivity index (χ1v) is 21.4. The molecule has 0 spiro atoms. The van der Waals surface area contributed by atoms with E-state index in [0.29, 0.717) is 88.1 Å². The number of likely N-dealkylation sites (tertiary alicyclic amines) is 3. The number of carbonyl (C=O) groups is 4. The second-order valence-electron chi connectivity index (χ2n) is 17.1. The van der Waals surface area contributed by atoms with Crippen molar-refractivity contribution < 1.29 is 33.1 Å². The number of rotatable bonds is 12. The monoisotopic (exact) mass is 815 g/mol. The van der Waals surface area contributed by atoms with Gasteiger partial charge in [-0.1, -0.05) is 24.3 Å².